The number of fused-ring (bicyclic) bond motifs is 1. The Kier molecular flexibility index (Phi) is 8.60. The lowest BCUT2D eigenvalue weighted by atomic mass is 9.93. The van der Waals surface area contributed by atoms with Crippen molar-refractivity contribution in [3.8, 4) is 23.3 Å². The standard InChI is InChI=1S/C35H36ClN5O/c1-2-35-39-34(24-41(35)28-9-13-30(14-10-28)42-29-11-7-27(36)8-12-29)25-17-21-40(22-18-25)20-4-3-5-31-26(23-37)6-15-33-32(31)16-19-38-33/h6-16,19,24-25,38H,2-5,17-18,20-22H2,1H3. The molecule has 0 atom stereocenters. The van der Waals surface area contributed by atoms with Gasteiger partial charge in [0.05, 0.1) is 17.3 Å². The second-order valence-electron chi connectivity index (χ2n) is 11.1. The van der Waals surface area contributed by atoms with Crippen LogP contribution in [0.15, 0.2) is 79.1 Å². The number of unbranched alkanes of at least 4 members (excludes halogenated alkanes) is 1. The van der Waals surface area contributed by atoms with Gasteiger partial charge in [0, 0.05) is 46.3 Å². The van der Waals surface area contributed by atoms with Gasteiger partial charge in [-0.15, -0.1) is 0 Å². The zero-order chi connectivity index (χ0) is 28.9. The number of hydrogen-bond donors (Lipinski definition) is 1. The maximum atomic E-state index is 9.58. The van der Waals surface area contributed by atoms with Gasteiger partial charge in [-0.3, -0.25) is 0 Å². The quantitative estimate of drug-likeness (QED) is 0.169. The number of nitrogens with one attached hydrogen (secondary N) is 1. The molecule has 0 saturated carbocycles. The van der Waals surface area contributed by atoms with Crippen molar-refractivity contribution in [3.63, 3.8) is 0 Å². The van der Waals surface area contributed by atoms with Crippen molar-refractivity contribution >= 4 is 22.5 Å². The van der Waals surface area contributed by atoms with Crippen LogP contribution in [-0.2, 0) is 12.8 Å². The summed E-state index contributed by atoms with van der Waals surface area (Å²) in [5.41, 5.74) is 5.40. The van der Waals surface area contributed by atoms with Crippen LogP contribution < -0.4 is 4.74 Å². The fourth-order valence-corrected chi connectivity index (χ4v) is 6.21. The number of aromatic nitrogens is 3. The lowest BCUT2D eigenvalue weighted by Gasteiger charge is -2.31. The number of nitriles is 1. The highest BCUT2D eigenvalue weighted by atomic mass is 35.5. The summed E-state index contributed by atoms with van der Waals surface area (Å²) in [6.07, 6.45) is 10.5. The molecule has 1 saturated heterocycles. The van der Waals surface area contributed by atoms with Gasteiger partial charge in [-0.1, -0.05) is 18.5 Å². The molecule has 3 heterocycles. The molecule has 6 rings (SSSR count). The van der Waals surface area contributed by atoms with E-state index in [1.807, 2.05) is 54.7 Å². The third-order valence-electron chi connectivity index (χ3n) is 8.40. The average Bonchev–Trinajstić information content (AvgIpc) is 3.69. The number of halogens is 1. The molecular formula is C35H36ClN5O. The van der Waals surface area contributed by atoms with Gasteiger partial charge < -0.3 is 19.2 Å². The molecule has 0 radical (unpaired) electrons. The Bertz CT molecular complexity index is 1670. The molecule has 1 N–H and O–H groups in total. The first-order chi connectivity index (χ1) is 20.6. The Balaban J connectivity index is 1.02. The zero-order valence-corrected chi connectivity index (χ0v) is 24.8. The van der Waals surface area contributed by atoms with E-state index in [0.717, 1.165) is 92.3 Å². The number of benzene rings is 3. The molecule has 0 aliphatic carbocycles. The van der Waals surface area contributed by atoms with Crippen molar-refractivity contribution in [2.24, 2.45) is 0 Å². The third-order valence-corrected chi connectivity index (χ3v) is 8.65. The van der Waals surface area contributed by atoms with Gasteiger partial charge in [0.1, 0.15) is 17.3 Å². The van der Waals surface area contributed by atoms with Crippen molar-refractivity contribution < 1.29 is 4.74 Å². The van der Waals surface area contributed by atoms with Crippen molar-refractivity contribution in [1.82, 2.24) is 19.4 Å². The smallest absolute Gasteiger partial charge is 0.127 e. The summed E-state index contributed by atoms with van der Waals surface area (Å²) in [4.78, 5) is 10.9. The van der Waals surface area contributed by atoms with Crippen molar-refractivity contribution in [2.45, 2.75) is 51.4 Å². The fourth-order valence-electron chi connectivity index (χ4n) is 6.08. The second kappa shape index (κ2) is 12.9. The Hall–Kier alpha value is -4.05. The predicted molar refractivity (Wildman–Crippen MR) is 169 cm³/mol. The Morgan fingerprint density at radius 2 is 1.71 bits per heavy atom. The van der Waals surface area contributed by atoms with Crippen LogP contribution in [0.3, 0.4) is 0 Å². The van der Waals surface area contributed by atoms with Gasteiger partial charge in [-0.05, 0) is 124 Å². The Labute approximate surface area is 252 Å². The molecule has 1 fully saturated rings. The van der Waals surface area contributed by atoms with E-state index in [0.29, 0.717) is 10.9 Å². The van der Waals surface area contributed by atoms with E-state index < -0.39 is 0 Å². The van der Waals surface area contributed by atoms with Crippen LogP contribution in [0.5, 0.6) is 11.5 Å². The molecule has 0 bridgehead atoms. The number of piperidine rings is 1. The summed E-state index contributed by atoms with van der Waals surface area (Å²) >= 11 is 5.99. The van der Waals surface area contributed by atoms with Crippen molar-refractivity contribution in [1.29, 1.82) is 5.26 Å². The highest BCUT2D eigenvalue weighted by Gasteiger charge is 2.23. The molecule has 1 aliphatic heterocycles. The Morgan fingerprint density at radius 3 is 2.43 bits per heavy atom. The van der Waals surface area contributed by atoms with Crippen LogP contribution in [0, 0.1) is 11.3 Å². The molecule has 2 aromatic heterocycles. The first kappa shape index (κ1) is 28.1. The van der Waals surface area contributed by atoms with Crippen LogP contribution in [0.25, 0.3) is 16.6 Å². The molecule has 0 spiro atoms. The lowest BCUT2D eigenvalue weighted by molar-refractivity contribution is 0.207. The van der Waals surface area contributed by atoms with Crippen LogP contribution in [0.4, 0.5) is 0 Å². The van der Waals surface area contributed by atoms with Gasteiger partial charge in [0.15, 0.2) is 0 Å². The van der Waals surface area contributed by atoms with Gasteiger partial charge in [0.2, 0.25) is 0 Å². The molecule has 7 heteroatoms. The molecule has 0 amide bonds. The number of H-pyrrole nitrogens is 1. The summed E-state index contributed by atoms with van der Waals surface area (Å²) in [5, 5.41) is 11.5. The molecule has 214 valence electrons. The maximum absolute atomic E-state index is 9.58. The summed E-state index contributed by atoms with van der Waals surface area (Å²) in [5.74, 6) is 3.14. The number of imidazole rings is 1. The van der Waals surface area contributed by atoms with E-state index in [4.69, 9.17) is 21.3 Å². The van der Waals surface area contributed by atoms with Crippen LogP contribution in [0.1, 0.15) is 61.2 Å². The molecule has 0 unspecified atom stereocenters. The first-order valence-corrected chi connectivity index (χ1v) is 15.3. The van der Waals surface area contributed by atoms with Gasteiger partial charge in [-0.25, -0.2) is 4.98 Å². The van der Waals surface area contributed by atoms with Crippen LogP contribution in [-0.4, -0.2) is 39.1 Å². The van der Waals surface area contributed by atoms with E-state index in [1.54, 1.807) is 0 Å². The second-order valence-corrected chi connectivity index (χ2v) is 11.5. The van der Waals surface area contributed by atoms with E-state index in [-0.39, 0.29) is 0 Å². The molecule has 42 heavy (non-hydrogen) atoms. The normalized spacial score (nSPS) is 14.3. The fraction of sp³-hybridized carbons (Fsp3) is 0.314. The van der Waals surface area contributed by atoms with E-state index in [2.05, 4.69) is 51.8 Å². The number of likely N-dealkylation sites (tertiary alicyclic amines) is 1. The Morgan fingerprint density at radius 1 is 0.976 bits per heavy atom. The van der Waals surface area contributed by atoms with Crippen molar-refractivity contribution in [2.75, 3.05) is 19.6 Å². The largest absolute Gasteiger partial charge is 0.457 e. The zero-order valence-electron chi connectivity index (χ0n) is 24.0. The van der Waals surface area contributed by atoms with E-state index in [9.17, 15) is 5.26 Å². The van der Waals surface area contributed by atoms with Crippen molar-refractivity contribution in [3.05, 3.63) is 107 Å². The van der Waals surface area contributed by atoms with E-state index in [1.165, 1.54) is 16.6 Å². The minimum Gasteiger partial charge on any atom is -0.457 e. The summed E-state index contributed by atoms with van der Waals surface area (Å²) < 4.78 is 8.20. The highest BCUT2D eigenvalue weighted by Crippen LogP contribution is 2.30. The van der Waals surface area contributed by atoms with Gasteiger partial charge >= 0.3 is 0 Å². The monoisotopic (exact) mass is 577 g/mol. The molecule has 5 aromatic rings. The van der Waals surface area contributed by atoms with Gasteiger partial charge in [-0.2, -0.15) is 5.26 Å². The number of aromatic amines is 1. The first-order valence-electron chi connectivity index (χ1n) is 14.9. The number of nitrogens with zero attached hydrogens (tertiary/aromatic N) is 4. The summed E-state index contributed by atoms with van der Waals surface area (Å²) in [7, 11) is 0. The molecule has 3 aromatic carbocycles. The third kappa shape index (κ3) is 6.23. The summed E-state index contributed by atoms with van der Waals surface area (Å²) in [6, 6.07) is 24.0. The van der Waals surface area contributed by atoms with Gasteiger partial charge in [0.25, 0.3) is 0 Å². The number of rotatable bonds is 10. The summed E-state index contributed by atoms with van der Waals surface area (Å²) in [6.45, 7) is 5.48. The molecule has 6 nitrogen and oxygen atoms in total. The molecular weight excluding hydrogens is 542 g/mol. The van der Waals surface area contributed by atoms with Crippen LogP contribution >= 0.6 is 11.6 Å². The number of ether oxygens (including phenoxy) is 1. The van der Waals surface area contributed by atoms with E-state index >= 15 is 0 Å². The predicted octanol–water partition coefficient (Wildman–Crippen LogP) is 8.44. The molecule has 1 aliphatic rings. The van der Waals surface area contributed by atoms with Crippen LogP contribution in [0.2, 0.25) is 5.02 Å². The number of hydrogen-bond acceptors (Lipinski definition) is 4. The average molecular weight is 578 g/mol. The lowest BCUT2D eigenvalue weighted by Crippen LogP contribution is -2.33. The maximum Gasteiger partial charge on any atom is 0.127 e. The topological polar surface area (TPSA) is 69.9 Å². The minimum atomic E-state index is 0.490. The highest BCUT2D eigenvalue weighted by molar-refractivity contribution is 6.30. The SMILES string of the molecule is CCc1nc(C2CCN(CCCCc3c(C#N)ccc4[nH]ccc34)CC2)cn1-c1ccc(Oc2ccc(Cl)cc2)cc1. The number of aryl methyl sites for hydroxylation is 2. The minimum absolute atomic E-state index is 0.490.